The van der Waals surface area contributed by atoms with Gasteiger partial charge >= 0.3 is 0 Å². The highest BCUT2D eigenvalue weighted by Gasteiger charge is 2.37. The van der Waals surface area contributed by atoms with Crippen molar-refractivity contribution in [1.29, 1.82) is 0 Å². The van der Waals surface area contributed by atoms with Crippen LogP contribution < -0.4 is 4.90 Å². The van der Waals surface area contributed by atoms with E-state index in [1.54, 1.807) is 26.8 Å². The largest absolute Gasteiger partial charge is 0.508 e. The van der Waals surface area contributed by atoms with Crippen LogP contribution in [0.1, 0.15) is 45.0 Å². The molecule has 0 aliphatic carbocycles. The summed E-state index contributed by atoms with van der Waals surface area (Å²) in [4.78, 5) is 15.4. The van der Waals surface area contributed by atoms with Gasteiger partial charge in [0, 0.05) is 18.3 Å². The maximum Gasteiger partial charge on any atom is 0.175 e. The van der Waals surface area contributed by atoms with Crippen molar-refractivity contribution < 1.29 is 19.0 Å². The second kappa shape index (κ2) is 8.37. The Morgan fingerprint density at radius 2 is 1.94 bits per heavy atom. The fraction of sp³-hybridized carbons (Fsp3) is 0.370. The molecule has 1 saturated heterocycles. The minimum atomic E-state index is -0.964. The highest BCUT2D eigenvalue weighted by molar-refractivity contribution is 6.01. The van der Waals surface area contributed by atoms with Crippen molar-refractivity contribution in [2.24, 2.45) is 0 Å². The van der Waals surface area contributed by atoms with Gasteiger partial charge in [-0.25, -0.2) is 18.7 Å². The molecule has 5 rings (SSSR count). The van der Waals surface area contributed by atoms with Crippen molar-refractivity contribution in [3.8, 4) is 17.0 Å². The zero-order chi connectivity index (χ0) is 25.1. The third-order valence-electron chi connectivity index (χ3n) is 6.88. The third-order valence-corrected chi connectivity index (χ3v) is 6.88. The van der Waals surface area contributed by atoms with Gasteiger partial charge in [0.25, 0.3) is 0 Å². The van der Waals surface area contributed by atoms with Crippen LogP contribution in [0, 0.1) is 18.6 Å². The molecule has 1 atom stereocenters. The van der Waals surface area contributed by atoms with E-state index in [0.29, 0.717) is 51.9 Å². The number of pyridine rings is 1. The first kappa shape index (κ1) is 23.4. The number of benzene rings is 2. The van der Waals surface area contributed by atoms with Crippen LogP contribution in [0.5, 0.6) is 5.75 Å². The van der Waals surface area contributed by atoms with Gasteiger partial charge in [-0.3, -0.25) is 4.98 Å². The Hall–Kier alpha value is -3.39. The van der Waals surface area contributed by atoms with Gasteiger partial charge in [0.1, 0.15) is 34.4 Å². The lowest BCUT2D eigenvalue weighted by Gasteiger charge is -2.35. The number of aromatic hydroxyl groups is 1. The Balaban J connectivity index is 1.77. The van der Waals surface area contributed by atoms with Crippen molar-refractivity contribution in [3.05, 3.63) is 53.5 Å². The Morgan fingerprint density at radius 3 is 2.66 bits per heavy atom. The summed E-state index contributed by atoms with van der Waals surface area (Å²) in [5, 5.41) is 22.6. The molecule has 6 nitrogen and oxygen atoms in total. The van der Waals surface area contributed by atoms with E-state index in [2.05, 4.69) is 15.0 Å². The number of aryl methyl sites for hydroxylation is 2. The molecule has 1 fully saturated rings. The van der Waals surface area contributed by atoms with Crippen LogP contribution in [0.3, 0.4) is 0 Å². The van der Waals surface area contributed by atoms with Crippen molar-refractivity contribution in [2.75, 3.05) is 11.4 Å². The summed E-state index contributed by atoms with van der Waals surface area (Å²) < 4.78 is 30.8. The Labute approximate surface area is 202 Å². The van der Waals surface area contributed by atoms with Crippen molar-refractivity contribution >= 4 is 27.5 Å². The molecule has 0 spiro atoms. The van der Waals surface area contributed by atoms with Gasteiger partial charge < -0.3 is 15.1 Å². The van der Waals surface area contributed by atoms with E-state index in [0.717, 1.165) is 12.8 Å². The van der Waals surface area contributed by atoms with Crippen LogP contribution in [0.2, 0.25) is 0 Å². The number of aliphatic hydroxyl groups is 1. The number of phenols is 1. The average molecular weight is 479 g/mol. The zero-order valence-electron chi connectivity index (χ0n) is 20.2. The summed E-state index contributed by atoms with van der Waals surface area (Å²) in [7, 11) is 0. The van der Waals surface area contributed by atoms with E-state index < -0.39 is 11.4 Å². The minimum Gasteiger partial charge on any atom is -0.508 e. The van der Waals surface area contributed by atoms with Crippen molar-refractivity contribution in [3.63, 3.8) is 0 Å². The lowest BCUT2D eigenvalue weighted by atomic mass is 9.94. The summed E-state index contributed by atoms with van der Waals surface area (Å²) in [6.45, 7) is 7.74. The van der Waals surface area contributed by atoms with Crippen LogP contribution in [0.15, 0.2) is 30.5 Å². The molecule has 0 saturated carbocycles. The van der Waals surface area contributed by atoms with Crippen LogP contribution in [-0.2, 0) is 6.42 Å². The standard InChI is InChI=1S/C27H28F2N4O2/c1-5-17-20(28)9-8-15-11-16(34)12-18(22(15)17)24-23(29)25-19(13-30-24)26(32-14(2)31-25)33-10-6-7-21(33)27(3,4)35/h8-9,11-13,21,34-35H,5-7,10H2,1-4H3/t21-/m0/s1. The van der Waals surface area contributed by atoms with E-state index in [9.17, 15) is 14.6 Å². The summed E-state index contributed by atoms with van der Waals surface area (Å²) >= 11 is 0. The van der Waals surface area contributed by atoms with E-state index in [1.807, 2.05) is 11.8 Å². The molecular formula is C27H28F2N4O2. The summed E-state index contributed by atoms with van der Waals surface area (Å²) in [6, 6.07) is 5.70. The summed E-state index contributed by atoms with van der Waals surface area (Å²) in [5.74, 6) is -0.180. The maximum atomic E-state index is 16.1. The van der Waals surface area contributed by atoms with E-state index >= 15 is 4.39 Å². The van der Waals surface area contributed by atoms with E-state index in [-0.39, 0.29) is 28.8 Å². The molecule has 4 aromatic rings. The molecule has 1 aliphatic heterocycles. The number of rotatable bonds is 4. The van der Waals surface area contributed by atoms with E-state index in [4.69, 9.17) is 0 Å². The number of anilines is 1. The molecule has 0 radical (unpaired) electrons. The lowest BCUT2D eigenvalue weighted by Crippen LogP contribution is -2.46. The second-order valence-corrected chi connectivity index (χ2v) is 9.75. The molecule has 0 bridgehead atoms. The molecule has 0 unspecified atom stereocenters. The Kier molecular flexibility index (Phi) is 5.59. The van der Waals surface area contributed by atoms with Gasteiger partial charge in [-0.2, -0.15) is 0 Å². The van der Waals surface area contributed by atoms with Gasteiger partial charge in [0.15, 0.2) is 5.82 Å². The zero-order valence-corrected chi connectivity index (χ0v) is 20.2. The molecule has 1 aliphatic rings. The topological polar surface area (TPSA) is 82.4 Å². The lowest BCUT2D eigenvalue weighted by molar-refractivity contribution is 0.0533. The first-order valence-electron chi connectivity index (χ1n) is 11.9. The minimum absolute atomic E-state index is 0.0109. The maximum absolute atomic E-state index is 16.1. The quantitative estimate of drug-likeness (QED) is 0.407. The third kappa shape index (κ3) is 3.86. The van der Waals surface area contributed by atoms with Crippen LogP contribution in [0.4, 0.5) is 14.6 Å². The second-order valence-electron chi connectivity index (χ2n) is 9.75. The Morgan fingerprint density at radius 1 is 1.17 bits per heavy atom. The number of phenolic OH excluding ortho intramolecular Hbond substituents is 1. The molecular weight excluding hydrogens is 450 g/mol. The van der Waals surface area contributed by atoms with Crippen LogP contribution >= 0.6 is 0 Å². The SMILES string of the molecule is CCc1c(F)ccc2cc(O)cc(-c3ncc4c(N5CCC[C@H]5C(C)(C)O)nc(C)nc4c3F)c12. The highest BCUT2D eigenvalue weighted by atomic mass is 19.1. The fourth-order valence-corrected chi connectivity index (χ4v) is 5.34. The van der Waals surface area contributed by atoms with Gasteiger partial charge in [0.05, 0.1) is 17.0 Å². The van der Waals surface area contributed by atoms with Crippen molar-refractivity contribution in [2.45, 2.75) is 58.6 Å². The normalized spacial score (nSPS) is 16.5. The molecule has 2 N–H and O–H groups in total. The molecule has 3 heterocycles. The van der Waals surface area contributed by atoms with Gasteiger partial charge in [0.2, 0.25) is 0 Å². The number of nitrogens with zero attached hydrogens (tertiary/aromatic N) is 4. The predicted molar refractivity (Wildman–Crippen MR) is 133 cm³/mol. The first-order valence-corrected chi connectivity index (χ1v) is 11.9. The van der Waals surface area contributed by atoms with Gasteiger partial charge in [-0.1, -0.05) is 13.0 Å². The number of hydrogen-bond acceptors (Lipinski definition) is 6. The van der Waals surface area contributed by atoms with Crippen molar-refractivity contribution in [1.82, 2.24) is 15.0 Å². The molecule has 8 heteroatoms. The summed E-state index contributed by atoms with van der Waals surface area (Å²) in [6.07, 6.45) is 3.61. The Bertz CT molecular complexity index is 1470. The fourth-order valence-electron chi connectivity index (χ4n) is 5.34. The number of halogens is 2. The summed E-state index contributed by atoms with van der Waals surface area (Å²) in [5.41, 5.74) is -0.130. The first-order chi connectivity index (χ1) is 16.6. The monoisotopic (exact) mass is 478 g/mol. The molecule has 35 heavy (non-hydrogen) atoms. The van der Waals surface area contributed by atoms with Gasteiger partial charge in [-0.15, -0.1) is 0 Å². The predicted octanol–water partition coefficient (Wildman–Crippen LogP) is 5.44. The molecule has 2 aromatic carbocycles. The molecule has 0 amide bonds. The highest BCUT2D eigenvalue weighted by Crippen LogP contribution is 2.40. The molecule has 2 aromatic heterocycles. The smallest absolute Gasteiger partial charge is 0.175 e. The van der Waals surface area contributed by atoms with Gasteiger partial charge in [-0.05, 0) is 74.6 Å². The average Bonchev–Trinajstić information content (AvgIpc) is 3.30. The molecule has 182 valence electrons. The van der Waals surface area contributed by atoms with Crippen LogP contribution in [0.25, 0.3) is 32.9 Å². The number of hydrogen-bond donors (Lipinski definition) is 2. The van der Waals surface area contributed by atoms with Crippen LogP contribution in [-0.4, -0.2) is 43.4 Å². The number of fused-ring (bicyclic) bond motifs is 2. The number of aromatic nitrogens is 3. The van der Waals surface area contributed by atoms with E-state index in [1.165, 1.54) is 24.4 Å².